The lowest BCUT2D eigenvalue weighted by Crippen LogP contribution is -2.12. The minimum Gasteiger partial charge on any atom is -0.369 e. The number of hydrogen-bond acceptors (Lipinski definition) is 3. The quantitative estimate of drug-likeness (QED) is 0.900. The first-order chi connectivity index (χ1) is 8.54. The van der Waals surface area contributed by atoms with Gasteiger partial charge in [-0.3, -0.25) is 4.57 Å². The highest BCUT2D eigenvalue weighted by Crippen LogP contribution is 2.27. The molecule has 2 rings (SSSR count). The van der Waals surface area contributed by atoms with Crippen LogP contribution in [-0.2, 0) is 0 Å². The van der Waals surface area contributed by atoms with Crippen LogP contribution >= 0.6 is 0 Å². The summed E-state index contributed by atoms with van der Waals surface area (Å²) < 4.78 is 2.06. The van der Waals surface area contributed by atoms with Crippen molar-refractivity contribution in [3.05, 3.63) is 17.8 Å². The van der Waals surface area contributed by atoms with Crippen molar-refractivity contribution in [3.8, 4) is 0 Å². The number of nitrogen functional groups attached to an aromatic ring is 1. The molecule has 4 nitrogen and oxygen atoms in total. The van der Waals surface area contributed by atoms with Crippen LogP contribution in [0.3, 0.4) is 0 Å². The maximum atomic E-state index is 6.05. The molecule has 4 heteroatoms. The van der Waals surface area contributed by atoms with Gasteiger partial charge in [0.1, 0.15) is 5.52 Å². The second kappa shape index (κ2) is 4.96. The zero-order valence-corrected chi connectivity index (χ0v) is 11.6. The minimum atomic E-state index is 0.333. The standard InChI is InChI=1S/C14H22N4/c1-5-9(2)8-11(4)18-13-12(17-14(18)15)10(3)6-7-16-13/h6-7,9,11H,5,8H2,1-4H3,(H2,15,17). The lowest BCUT2D eigenvalue weighted by molar-refractivity contribution is 0.406. The summed E-state index contributed by atoms with van der Waals surface area (Å²) >= 11 is 0. The predicted molar refractivity (Wildman–Crippen MR) is 75.5 cm³/mol. The number of fused-ring (bicyclic) bond motifs is 1. The van der Waals surface area contributed by atoms with E-state index in [-0.39, 0.29) is 0 Å². The fourth-order valence-electron chi connectivity index (χ4n) is 2.42. The van der Waals surface area contributed by atoms with Crippen LogP contribution in [0, 0.1) is 12.8 Å². The van der Waals surface area contributed by atoms with Gasteiger partial charge in [0.15, 0.2) is 5.65 Å². The van der Waals surface area contributed by atoms with E-state index in [9.17, 15) is 0 Å². The summed E-state index contributed by atoms with van der Waals surface area (Å²) in [5, 5.41) is 0. The number of hydrogen-bond donors (Lipinski definition) is 1. The monoisotopic (exact) mass is 246 g/mol. The molecule has 0 saturated heterocycles. The highest BCUT2D eigenvalue weighted by Gasteiger charge is 2.17. The van der Waals surface area contributed by atoms with E-state index in [1.54, 1.807) is 0 Å². The summed E-state index contributed by atoms with van der Waals surface area (Å²) in [6.07, 6.45) is 4.11. The van der Waals surface area contributed by atoms with Crippen molar-refractivity contribution < 1.29 is 0 Å². The van der Waals surface area contributed by atoms with E-state index in [0.29, 0.717) is 17.9 Å². The number of pyridine rings is 1. The fraction of sp³-hybridized carbons (Fsp3) is 0.571. The van der Waals surface area contributed by atoms with Crippen molar-refractivity contribution >= 4 is 17.1 Å². The number of nitrogens with two attached hydrogens (primary N) is 1. The Morgan fingerprint density at radius 3 is 2.78 bits per heavy atom. The molecule has 0 radical (unpaired) electrons. The lowest BCUT2D eigenvalue weighted by atomic mass is 10.0. The molecule has 18 heavy (non-hydrogen) atoms. The number of anilines is 1. The third kappa shape index (κ3) is 2.19. The van der Waals surface area contributed by atoms with Gasteiger partial charge in [-0.25, -0.2) is 9.97 Å². The summed E-state index contributed by atoms with van der Waals surface area (Å²) in [6, 6.07) is 2.30. The molecule has 0 saturated carbocycles. The van der Waals surface area contributed by atoms with E-state index in [1.165, 1.54) is 6.42 Å². The van der Waals surface area contributed by atoms with E-state index >= 15 is 0 Å². The summed E-state index contributed by atoms with van der Waals surface area (Å²) in [5.74, 6) is 1.25. The van der Waals surface area contributed by atoms with Gasteiger partial charge in [-0.2, -0.15) is 0 Å². The Labute approximate surface area is 108 Å². The lowest BCUT2D eigenvalue weighted by Gasteiger charge is -2.18. The molecule has 0 spiro atoms. The maximum absolute atomic E-state index is 6.05. The Morgan fingerprint density at radius 2 is 2.11 bits per heavy atom. The van der Waals surface area contributed by atoms with Crippen LogP contribution < -0.4 is 5.73 Å². The van der Waals surface area contributed by atoms with Gasteiger partial charge in [0.25, 0.3) is 0 Å². The van der Waals surface area contributed by atoms with Gasteiger partial charge >= 0.3 is 0 Å². The van der Waals surface area contributed by atoms with Crippen LogP contribution in [0.4, 0.5) is 5.95 Å². The first kappa shape index (κ1) is 12.9. The largest absolute Gasteiger partial charge is 0.369 e. The predicted octanol–water partition coefficient (Wildman–Crippen LogP) is 3.32. The van der Waals surface area contributed by atoms with Gasteiger partial charge in [-0.1, -0.05) is 20.3 Å². The van der Waals surface area contributed by atoms with Crippen LogP contribution in [0.25, 0.3) is 11.2 Å². The molecule has 0 aliphatic heterocycles. The highest BCUT2D eigenvalue weighted by atomic mass is 15.2. The molecule has 98 valence electrons. The Kier molecular flexibility index (Phi) is 3.55. The van der Waals surface area contributed by atoms with Gasteiger partial charge < -0.3 is 5.73 Å². The summed E-state index contributed by atoms with van der Waals surface area (Å²) in [7, 11) is 0. The average molecular weight is 246 g/mol. The number of imidazole rings is 1. The molecule has 2 N–H and O–H groups in total. The van der Waals surface area contributed by atoms with Gasteiger partial charge in [-0.15, -0.1) is 0 Å². The summed E-state index contributed by atoms with van der Waals surface area (Å²) in [5.41, 5.74) is 9.01. The Bertz CT molecular complexity index is 544. The molecule has 2 atom stereocenters. The first-order valence-electron chi connectivity index (χ1n) is 6.63. The van der Waals surface area contributed by atoms with Crippen LogP contribution in [0.1, 0.15) is 45.2 Å². The normalized spacial score (nSPS) is 14.9. The summed E-state index contributed by atoms with van der Waals surface area (Å²) in [4.78, 5) is 8.88. The van der Waals surface area contributed by atoms with E-state index in [4.69, 9.17) is 5.73 Å². The second-order valence-electron chi connectivity index (χ2n) is 5.24. The molecule has 0 aliphatic rings. The van der Waals surface area contributed by atoms with Crippen molar-refractivity contribution in [1.29, 1.82) is 0 Å². The topological polar surface area (TPSA) is 56.7 Å². The minimum absolute atomic E-state index is 0.333. The third-order valence-electron chi connectivity index (χ3n) is 3.69. The van der Waals surface area contributed by atoms with Gasteiger partial charge in [0.2, 0.25) is 5.95 Å². The molecule has 2 heterocycles. The third-order valence-corrected chi connectivity index (χ3v) is 3.69. The van der Waals surface area contributed by atoms with Crippen molar-refractivity contribution in [3.63, 3.8) is 0 Å². The molecule has 0 amide bonds. The summed E-state index contributed by atoms with van der Waals surface area (Å²) in [6.45, 7) is 8.72. The highest BCUT2D eigenvalue weighted by molar-refractivity contribution is 5.77. The molecule has 0 aliphatic carbocycles. The van der Waals surface area contributed by atoms with Crippen LogP contribution in [-0.4, -0.2) is 14.5 Å². The van der Waals surface area contributed by atoms with Crippen LogP contribution in [0.5, 0.6) is 0 Å². The van der Waals surface area contributed by atoms with Crippen LogP contribution in [0.2, 0.25) is 0 Å². The molecular weight excluding hydrogens is 224 g/mol. The van der Waals surface area contributed by atoms with Crippen molar-refractivity contribution in [2.75, 3.05) is 5.73 Å². The number of aromatic nitrogens is 3. The van der Waals surface area contributed by atoms with Crippen molar-refractivity contribution in [1.82, 2.24) is 14.5 Å². The Hall–Kier alpha value is -1.58. The van der Waals surface area contributed by atoms with Gasteiger partial charge in [0, 0.05) is 12.2 Å². The number of aryl methyl sites for hydroxylation is 1. The van der Waals surface area contributed by atoms with Gasteiger partial charge in [0.05, 0.1) is 0 Å². The fourth-order valence-corrected chi connectivity index (χ4v) is 2.42. The molecule has 0 bridgehead atoms. The number of rotatable bonds is 4. The molecule has 2 unspecified atom stereocenters. The Balaban J connectivity index is 2.44. The SMILES string of the molecule is CCC(C)CC(C)n1c(N)nc2c(C)ccnc21. The van der Waals surface area contributed by atoms with Gasteiger partial charge in [-0.05, 0) is 37.8 Å². The molecule has 0 aromatic carbocycles. The molecule has 2 aromatic rings. The van der Waals surface area contributed by atoms with Crippen molar-refractivity contribution in [2.24, 2.45) is 5.92 Å². The van der Waals surface area contributed by atoms with Crippen molar-refractivity contribution in [2.45, 2.75) is 46.6 Å². The zero-order chi connectivity index (χ0) is 13.3. The molecule has 0 fully saturated rings. The Morgan fingerprint density at radius 1 is 1.39 bits per heavy atom. The van der Waals surface area contributed by atoms with Crippen LogP contribution in [0.15, 0.2) is 12.3 Å². The smallest absolute Gasteiger partial charge is 0.202 e. The van der Waals surface area contributed by atoms with E-state index in [1.807, 2.05) is 19.2 Å². The molecular formula is C14H22N4. The maximum Gasteiger partial charge on any atom is 0.202 e. The number of nitrogens with zero attached hydrogens (tertiary/aromatic N) is 3. The van der Waals surface area contributed by atoms with E-state index in [0.717, 1.165) is 23.1 Å². The van der Waals surface area contributed by atoms with E-state index in [2.05, 4.69) is 35.3 Å². The second-order valence-corrected chi connectivity index (χ2v) is 5.24. The van der Waals surface area contributed by atoms with E-state index < -0.39 is 0 Å². The first-order valence-corrected chi connectivity index (χ1v) is 6.63. The average Bonchev–Trinajstić information content (AvgIpc) is 2.67. The zero-order valence-electron chi connectivity index (χ0n) is 11.6. The molecule has 2 aromatic heterocycles.